The van der Waals surface area contributed by atoms with Gasteiger partial charge in [-0.2, -0.15) is 8.42 Å². The lowest BCUT2D eigenvalue weighted by atomic mass is 10.3. The maximum atomic E-state index is 11.0. The largest absolute Gasteiger partial charge is 0.270 e. The van der Waals surface area contributed by atoms with Crippen molar-refractivity contribution in [1.82, 2.24) is 4.72 Å². The van der Waals surface area contributed by atoms with E-state index in [1.807, 2.05) is 0 Å². The Morgan fingerprint density at radius 1 is 1.00 bits per heavy atom. The van der Waals surface area contributed by atoms with E-state index < -0.39 is 20.1 Å². The number of rotatable bonds is 9. The molecule has 0 amide bonds. The highest BCUT2D eigenvalue weighted by Gasteiger charge is 2.07. The maximum Gasteiger partial charge on any atom is 0.267 e. The number of hydrogen-bond acceptors (Lipinski definition) is 5. The molecule has 0 spiro atoms. The lowest BCUT2D eigenvalue weighted by molar-refractivity contribution is 0.309. The van der Waals surface area contributed by atoms with Crippen molar-refractivity contribution in [1.29, 1.82) is 0 Å². The van der Waals surface area contributed by atoms with E-state index in [0.717, 1.165) is 0 Å². The minimum absolute atomic E-state index is 0.0462. The average Bonchev–Trinajstić information content (AvgIpc) is 2.23. The molecule has 98 valence electrons. The van der Waals surface area contributed by atoms with E-state index in [0.29, 0.717) is 19.4 Å². The first kappa shape index (κ1) is 15.8. The highest BCUT2D eigenvalue weighted by Crippen LogP contribution is 1.96. The lowest BCUT2D eigenvalue weighted by Crippen LogP contribution is -2.26. The van der Waals surface area contributed by atoms with Crippen molar-refractivity contribution in [3.05, 3.63) is 0 Å². The summed E-state index contributed by atoms with van der Waals surface area (Å²) < 4.78 is 50.8. The molecule has 0 radical (unpaired) electrons. The molecule has 1 N–H and O–H groups in total. The third kappa shape index (κ3) is 8.03. The van der Waals surface area contributed by atoms with E-state index in [-0.39, 0.29) is 18.1 Å². The van der Waals surface area contributed by atoms with E-state index in [1.165, 1.54) is 6.92 Å². The molecule has 0 bridgehead atoms. The predicted molar refractivity (Wildman–Crippen MR) is 62.1 cm³/mol. The first-order chi connectivity index (χ1) is 7.33. The van der Waals surface area contributed by atoms with Crippen molar-refractivity contribution >= 4 is 20.1 Å². The Hall–Kier alpha value is -0.180. The van der Waals surface area contributed by atoms with Gasteiger partial charge in [0, 0.05) is 6.54 Å². The molecule has 0 saturated heterocycles. The number of sulfonamides is 1. The third-order valence-electron chi connectivity index (χ3n) is 1.89. The van der Waals surface area contributed by atoms with Gasteiger partial charge in [-0.05, 0) is 26.7 Å². The van der Waals surface area contributed by atoms with Crippen LogP contribution in [0.5, 0.6) is 0 Å². The lowest BCUT2D eigenvalue weighted by Gasteiger charge is -2.05. The van der Waals surface area contributed by atoms with Crippen LogP contribution in [0.3, 0.4) is 0 Å². The van der Waals surface area contributed by atoms with Gasteiger partial charge < -0.3 is 0 Å². The van der Waals surface area contributed by atoms with E-state index in [2.05, 4.69) is 8.91 Å². The van der Waals surface area contributed by atoms with Crippen LogP contribution in [0.25, 0.3) is 0 Å². The second kappa shape index (κ2) is 7.21. The van der Waals surface area contributed by atoms with Crippen LogP contribution in [0.15, 0.2) is 0 Å². The summed E-state index contributed by atoms with van der Waals surface area (Å²) in [7, 11) is -6.53. The second-order valence-electron chi connectivity index (χ2n) is 3.17. The normalized spacial score (nSPS) is 12.9. The predicted octanol–water partition coefficient (Wildman–Crippen LogP) is 0.0722. The van der Waals surface area contributed by atoms with Gasteiger partial charge >= 0.3 is 0 Å². The van der Waals surface area contributed by atoms with Gasteiger partial charge in [0.05, 0.1) is 18.1 Å². The summed E-state index contributed by atoms with van der Waals surface area (Å²) in [5.41, 5.74) is 0. The number of unbranched alkanes of at least 4 members (excludes halogenated alkanes) is 1. The van der Waals surface area contributed by atoms with Crippen LogP contribution < -0.4 is 4.72 Å². The molecular weight excluding hydrogens is 254 g/mol. The molecule has 0 heterocycles. The highest BCUT2D eigenvalue weighted by molar-refractivity contribution is 7.89. The highest BCUT2D eigenvalue weighted by atomic mass is 32.2. The molecule has 0 aromatic heterocycles. The minimum atomic E-state index is -3.38. The zero-order valence-corrected chi connectivity index (χ0v) is 11.2. The molecule has 8 heteroatoms. The zero-order valence-electron chi connectivity index (χ0n) is 9.60. The van der Waals surface area contributed by atoms with Crippen molar-refractivity contribution in [3.63, 3.8) is 0 Å². The van der Waals surface area contributed by atoms with E-state index in [9.17, 15) is 16.8 Å². The van der Waals surface area contributed by atoms with Gasteiger partial charge in [-0.15, -0.1) is 0 Å². The standard InChI is InChI=1S/C8H19NO5S2/c1-3-15(10,11)9-7-5-6-8-14-16(12,13)4-2/h9H,3-8H2,1-2H3. The molecule has 0 rings (SSSR count). The quantitative estimate of drug-likeness (QED) is 0.474. The first-order valence-electron chi connectivity index (χ1n) is 5.17. The molecule has 0 unspecified atom stereocenters. The number of hydrogen-bond donors (Lipinski definition) is 1. The van der Waals surface area contributed by atoms with Crippen LogP contribution in [0, 0.1) is 0 Å². The summed E-state index contributed by atoms with van der Waals surface area (Å²) in [6.45, 7) is 3.47. The van der Waals surface area contributed by atoms with Crippen LogP contribution in [0.4, 0.5) is 0 Å². The summed E-state index contributed by atoms with van der Waals surface area (Å²) in [5.74, 6) is 0.00315. The van der Waals surface area contributed by atoms with Crippen molar-refractivity contribution < 1.29 is 21.0 Å². The van der Waals surface area contributed by atoms with Gasteiger partial charge in [-0.25, -0.2) is 13.1 Å². The summed E-state index contributed by atoms with van der Waals surface area (Å²) in [4.78, 5) is 0. The van der Waals surface area contributed by atoms with Gasteiger partial charge in [0.1, 0.15) is 0 Å². The number of nitrogens with one attached hydrogen (secondary N) is 1. The zero-order chi connectivity index (χ0) is 12.7. The smallest absolute Gasteiger partial charge is 0.267 e. The van der Waals surface area contributed by atoms with Gasteiger partial charge in [-0.1, -0.05) is 0 Å². The van der Waals surface area contributed by atoms with Crippen LogP contribution in [-0.2, 0) is 24.3 Å². The molecule has 0 aromatic carbocycles. The SMILES string of the molecule is CCS(=O)(=O)NCCCCOS(=O)(=O)CC. The first-order valence-corrected chi connectivity index (χ1v) is 8.40. The molecule has 6 nitrogen and oxygen atoms in total. The van der Waals surface area contributed by atoms with Crippen molar-refractivity contribution in [2.75, 3.05) is 24.7 Å². The molecule has 0 aliphatic heterocycles. The van der Waals surface area contributed by atoms with Crippen molar-refractivity contribution in [3.8, 4) is 0 Å². The fourth-order valence-corrected chi connectivity index (χ4v) is 2.02. The maximum absolute atomic E-state index is 11.0. The molecule has 0 saturated carbocycles. The topological polar surface area (TPSA) is 89.5 Å². The molecular formula is C8H19NO5S2. The Morgan fingerprint density at radius 3 is 2.12 bits per heavy atom. The van der Waals surface area contributed by atoms with E-state index in [1.54, 1.807) is 6.92 Å². The fourth-order valence-electron chi connectivity index (χ4n) is 0.826. The summed E-state index contributed by atoms with van der Waals surface area (Å²) in [6.07, 6.45) is 1.06. The third-order valence-corrected chi connectivity index (χ3v) is 4.53. The molecule has 0 fully saturated rings. The van der Waals surface area contributed by atoms with Gasteiger partial charge in [0.25, 0.3) is 10.1 Å². The Labute approximate surface area is 97.6 Å². The Morgan fingerprint density at radius 2 is 1.62 bits per heavy atom. The van der Waals surface area contributed by atoms with Crippen LogP contribution >= 0.6 is 0 Å². The summed E-state index contributed by atoms with van der Waals surface area (Å²) in [5, 5.41) is 0. The van der Waals surface area contributed by atoms with Gasteiger partial charge in [0.15, 0.2) is 0 Å². The van der Waals surface area contributed by atoms with E-state index in [4.69, 9.17) is 0 Å². The fraction of sp³-hybridized carbons (Fsp3) is 1.00. The monoisotopic (exact) mass is 273 g/mol. The van der Waals surface area contributed by atoms with Gasteiger partial charge in [0.2, 0.25) is 10.0 Å². The van der Waals surface area contributed by atoms with Crippen LogP contribution in [0.1, 0.15) is 26.7 Å². The van der Waals surface area contributed by atoms with Gasteiger partial charge in [-0.3, -0.25) is 4.18 Å². The molecule has 0 aliphatic carbocycles. The van der Waals surface area contributed by atoms with Crippen molar-refractivity contribution in [2.24, 2.45) is 0 Å². The van der Waals surface area contributed by atoms with Crippen LogP contribution in [0.2, 0.25) is 0 Å². The average molecular weight is 273 g/mol. The Kier molecular flexibility index (Phi) is 7.12. The molecule has 0 atom stereocenters. The summed E-state index contributed by atoms with van der Waals surface area (Å²) >= 11 is 0. The Bertz CT molecular complexity index is 335. The molecule has 0 aliphatic rings. The molecule has 0 aromatic rings. The van der Waals surface area contributed by atoms with Crippen molar-refractivity contribution in [2.45, 2.75) is 26.7 Å². The Balaban J connectivity index is 3.57. The second-order valence-corrected chi connectivity index (χ2v) is 7.20. The van der Waals surface area contributed by atoms with E-state index >= 15 is 0 Å². The summed E-state index contributed by atoms with van der Waals surface area (Å²) in [6, 6.07) is 0. The van der Waals surface area contributed by atoms with Crippen LogP contribution in [-0.4, -0.2) is 41.5 Å². The minimum Gasteiger partial charge on any atom is -0.270 e. The molecule has 16 heavy (non-hydrogen) atoms.